The third kappa shape index (κ3) is 40.4. The molecule has 1 atom stereocenters. The molecule has 5 nitrogen and oxygen atoms in total. The van der Waals surface area contributed by atoms with E-state index in [2.05, 4.69) is 81.5 Å². The topological polar surface area (TPSA) is 61.8 Å². The van der Waals surface area contributed by atoms with Crippen molar-refractivity contribution in [2.24, 2.45) is 0 Å². The summed E-state index contributed by atoms with van der Waals surface area (Å²) in [5.41, 5.74) is 0. The van der Waals surface area contributed by atoms with Crippen molar-refractivity contribution < 1.29 is 23.8 Å². The zero-order valence-corrected chi connectivity index (χ0v) is 34.3. The molecule has 5 heteroatoms. The van der Waals surface area contributed by atoms with Gasteiger partial charge in [0, 0.05) is 19.4 Å². The smallest absolute Gasteiger partial charge is 0.306 e. The van der Waals surface area contributed by atoms with Gasteiger partial charge >= 0.3 is 11.9 Å². The lowest BCUT2D eigenvalue weighted by atomic mass is 10.0. The quantitative estimate of drug-likeness (QED) is 0.0358. The fraction of sp³-hybridized carbons (Fsp3) is 0.745. The molecule has 0 fully saturated rings. The Hall–Kier alpha value is -2.40. The molecule has 300 valence electrons. The van der Waals surface area contributed by atoms with Gasteiger partial charge < -0.3 is 14.2 Å². The molecule has 1 unspecified atom stereocenters. The van der Waals surface area contributed by atoms with Crippen molar-refractivity contribution in [1.82, 2.24) is 0 Å². The lowest BCUT2D eigenvalue weighted by Gasteiger charge is -2.18. The van der Waals surface area contributed by atoms with Crippen LogP contribution in [0.1, 0.15) is 201 Å². The highest BCUT2D eigenvalue weighted by Gasteiger charge is 2.17. The van der Waals surface area contributed by atoms with E-state index in [1.54, 1.807) is 0 Å². The van der Waals surface area contributed by atoms with Crippen molar-refractivity contribution in [1.29, 1.82) is 0 Å². The number of allylic oxidation sites excluding steroid dienone is 10. The molecule has 0 aliphatic carbocycles. The molecular formula is C47H82O5. The van der Waals surface area contributed by atoms with Crippen LogP contribution in [0.5, 0.6) is 0 Å². The maximum Gasteiger partial charge on any atom is 0.306 e. The van der Waals surface area contributed by atoms with E-state index in [4.69, 9.17) is 14.2 Å². The molecule has 0 heterocycles. The number of carbonyl (C=O) groups excluding carboxylic acids is 2. The number of carbonyl (C=O) groups is 2. The Kier molecular flexibility index (Phi) is 41.0. The number of esters is 2. The number of ether oxygens (including phenoxy) is 3. The normalized spacial score (nSPS) is 12.8. The van der Waals surface area contributed by atoms with Gasteiger partial charge in [0.1, 0.15) is 6.61 Å². The van der Waals surface area contributed by atoms with Crippen molar-refractivity contribution in [2.75, 3.05) is 19.8 Å². The van der Waals surface area contributed by atoms with Gasteiger partial charge in [-0.15, -0.1) is 0 Å². The monoisotopic (exact) mass is 727 g/mol. The van der Waals surface area contributed by atoms with Gasteiger partial charge in [-0.25, -0.2) is 0 Å². The summed E-state index contributed by atoms with van der Waals surface area (Å²) in [4.78, 5) is 24.9. The molecule has 0 saturated carbocycles. The minimum Gasteiger partial charge on any atom is -0.462 e. The first-order valence-corrected chi connectivity index (χ1v) is 21.8. The summed E-state index contributed by atoms with van der Waals surface area (Å²) >= 11 is 0. The van der Waals surface area contributed by atoms with Gasteiger partial charge in [-0.05, 0) is 57.8 Å². The molecule has 52 heavy (non-hydrogen) atoms. The van der Waals surface area contributed by atoms with E-state index in [1.807, 2.05) is 0 Å². The molecule has 0 aromatic carbocycles. The highest BCUT2D eigenvalue weighted by atomic mass is 16.6. The summed E-state index contributed by atoms with van der Waals surface area (Å²) in [7, 11) is 0. The standard InChI is InChI=1S/C47H82O5/c1-4-7-10-13-15-17-19-21-23-24-25-26-28-30-32-35-37-40-46(48)51-44-45(52-47(49)41-38-34-12-9-6-3)43-50-42-39-36-33-31-29-27-22-20-18-16-14-11-8-5-2/h7,10,15,17,21,23,25-26,30,32,45H,4-6,8-9,11-14,16,18-20,22,24,27-29,31,33-44H2,1-3H3/b10-7-,17-15-,23-21-,26-25-,32-30-. The van der Waals surface area contributed by atoms with Crippen molar-refractivity contribution in [3.8, 4) is 0 Å². The van der Waals surface area contributed by atoms with Gasteiger partial charge in [0.25, 0.3) is 0 Å². The lowest BCUT2D eigenvalue weighted by molar-refractivity contribution is -0.163. The van der Waals surface area contributed by atoms with Crippen LogP contribution in [0.4, 0.5) is 0 Å². The van der Waals surface area contributed by atoms with Gasteiger partial charge in [0.2, 0.25) is 0 Å². The average Bonchev–Trinajstić information content (AvgIpc) is 3.14. The predicted octanol–water partition coefficient (Wildman–Crippen LogP) is 14.2. The number of hydrogen-bond acceptors (Lipinski definition) is 5. The summed E-state index contributed by atoms with van der Waals surface area (Å²) in [5, 5.41) is 0. The lowest BCUT2D eigenvalue weighted by Crippen LogP contribution is -2.30. The molecule has 0 aromatic heterocycles. The van der Waals surface area contributed by atoms with E-state index in [9.17, 15) is 9.59 Å². The van der Waals surface area contributed by atoms with Crippen LogP contribution in [0.3, 0.4) is 0 Å². The van der Waals surface area contributed by atoms with Crippen LogP contribution < -0.4 is 0 Å². The Balaban J connectivity index is 4.17. The average molecular weight is 727 g/mol. The molecular weight excluding hydrogens is 645 g/mol. The third-order valence-corrected chi connectivity index (χ3v) is 9.07. The van der Waals surface area contributed by atoms with Gasteiger partial charge in [-0.1, -0.05) is 191 Å². The molecule has 0 N–H and O–H groups in total. The predicted molar refractivity (Wildman–Crippen MR) is 224 cm³/mol. The Bertz CT molecular complexity index is 915. The summed E-state index contributed by atoms with van der Waals surface area (Å²) in [6.45, 7) is 7.58. The van der Waals surface area contributed by atoms with E-state index in [1.165, 1.54) is 89.9 Å². The Morgan fingerprint density at radius 1 is 0.442 bits per heavy atom. The first-order chi connectivity index (χ1) is 25.6. The summed E-state index contributed by atoms with van der Waals surface area (Å²) in [6.07, 6.45) is 52.5. The third-order valence-electron chi connectivity index (χ3n) is 9.07. The van der Waals surface area contributed by atoms with Crippen LogP contribution in [-0.4, -0.2) is 37.9 Å². The second kappa shape index (κ2) is 43.0. The summed E-state index contributed by atoms with van der Waals surface area (Å²) in [6, 6.07) is 0. The molecule has 0 amide bonds. The largest absolute Gasteiger partial charge is 0.462 e. The molecule has 0 aromatic rings. The number of unbranched alkanes of at least 4 members (excludes halogenated alkanes) is 18. The van der Waals surface area contributed by atoms with Crippen LogP contribution in [0.15, 0.2) is 60.8 Å². The van der Waals surface area contributed by atoms with E-state index < -0.39 is 6.10 Å². The SMILES string of the molecule is CC/C=C\C/C=C\C/C=C\C/C=C\C/C=C\CCCC(=O)OCC(COCCCCCCCCCCCCCCCC)OC(=O)CCCCCCC. The summed E-state index contributed by atoms with van der Waals surface area (Å²) < 4.78 is 17.1. The second-order valence-electron chi connectivity index (χ2n) is 14.2. The highest BCUT2D eigenvalue weighted by molar-refractivity contribution is 5.70. The van der Waals surface area contributed by atoms with Crippen LogP contribution in [0.25, 0.3) is 0 Å². The van der Waals surface area contributed by atoms with E-state index in [0.29, 0.717) is 19.4 Å². The summed E-state index contributed by atoms with van der Waals surface area (Å²) in [5.74, 6) is -0.476. The maximum atomic E-state index is 12.5. The van der Waals surface area contributed by atoms with Crippen molar-refractivity contribution in [2.45, 2.75) is 207 Å². The minimum absolute atomic E-state index is 0.0564. The van der Waals surface area contributed by atoms with Crippen LogP contribution >= 0.6 is 0 Å². The fourth-order valence-corrected chi connectivity index (χ4v) is 5.84. The molecule has 0 aliphatic heterocycles. The molecule has 0 radical (unpaired) electrons. The Labute approximate surface area is 322 Å². The van der Waals surface area contributed by atoms with Crippen LogP contribution in [-0.2, 0) is 23.8 Å². The molecule has 0 saturated heterocycles. The van der Waals surface area contributed by atoms with E-state index >= 15 is 0 Å². The van der Waals surface area contributed by atoms with Crippen molar-refractivity contribution >= 4 is 11.9 Å². The van der Waals surface area contributed by atoms with Gasteiger partial charge in [0.05, 0.1) is 6.61 Å². The van der Waals surface area contributed by atoms with Gasteiger partial charge in [-0.2, -0.15) is 0 Å². The van der Waals surface area contributed by atoms with E-state index in [-0.39, 0.29) is 25.2 Å². The maximum absolute atomic E-state index is 12.5. The molecule has 0 spiro atoms. The zero-order chi connectivity index (χ0) is 37.8. The van der Waals surface area contributed by atoms with Crippen LogP contribution in [0, 0.1) is 0 Å². The minimum atomic E-state index is -0.551. The van der Waals surface area contributed by atoms with Gasteiger partial charge in [0.15, 0.2) is 6.10 Å². The fourth-order valence-electron chi connectivity index (χ4n) is 5.84. The second-order valence-corrected chi connectivity index (χ2v) is 14.2. The van der Waals surface area contributed by atoms with Gasteiger partial charge in [-0.3, -0.25) is 9.59 Å². The highest BCUT2D eigenvalue weighted by Crippen LogP contribution is 2.13. The molecule has 0 bridgehead atoms. The zero-order valence-electron chi connectivity index (χ0n) is 34.3. The van der Waals surface area contributed by atoms with Crippen molar-refractivity contribution in [3.05, 3.63) is 60.8 Å². The number of hydrogen-bond donors (Lipinski definition) is 0. The molecule has 0 aliphatic rings. The first kappa shape index (κ1) is 49.6. The first-order valence-electron chi connectivity index (χ1n) is 21.8. The van der Waals surface area contributed by atoms with Crippen LogP contribution in [0.2, 0.25) is 0 Å². The van der Waals surface area contributed by atoms with E-state index in [0.717, 1.165) is 77.0 Å². The number of rotatable bonds is 39. The molecule has 0 rings (SSSR count). The Morgan fingerprint density at radius 2 is 0.865 bits per heavy atom. The van der Waals surface area contributed by atoms with Crippen molar-refractivity contribution in [3.63, 3.8) is 0 Å². The Morgan fingerprint density at radius 3 is 1.37 bits per heavy atom.